The van der Waals surface area contributed by atoms with Gasteiger partial charge in [-0.15, -0.1) is 11.3 Å². The smallest absolute Gasteiger partial charge is 0.262 e. The first kappa shape index (κ1) is 15.0. The second kappa shape index (κ2) is 6.89. The summed E-state index contributed by atoms with van der Waals surface area (Å²) in [6.45, 7) is 0.582. The Labute approximate surface area is 123 Å². The average molecular weight is 293 g/mol. The van der Waals surface area contributed by atoms with Crippen LogP contribution in [0.3, 0.4) is 0 Å². The molecule has 1 amide bonds. The van der Waals surface area contributed by atoms with E-state index in [1.54, 1.807) is 7.11 Å². The molecule has 0 radical (unpaired) electrons. The molecule has 20 heavy (non-hydrogen) atoms. The van der Waals surface area contributed by atoms with Crippen LogP contribution in [0.25, 0.3) is 0 Å². The Morgan fingerprint density at radius 1 is 1.60 bits per heavy atom. The molecule has 2 N–H and O–H groups in total. The lowest BCUT2D eigenvalue weighted by atomic mass is 9.80. The molecule has 1 aliphatic carbocycles. The maximum Gasteiger partial charge on any atom is 0.262 e. The molecule has 0 atom stereocenters. The van der Waals surface area contributed by atoms with Crippen molar-refractivity contribution in [3.05, 3.63) is 21.9 Å². The number of hydrogen-bond donors (Lipinski definition) is 2. The van der Waals surface area contributed by atoms with Gasteiger partial charge < -0.3 is 15.2 Å². The van der Waals surface area contributed by atoms with E-state index < -0.39 is 0 Å². The van der Waals surface area contributed by atoms with E-state index in [2.05, 4.69) is 17.2 Å². The number of ether oxygens (including phenoxy) is 1. The lowest BCUT2D eigenvalue weighted by Crippen LogP contribution is -2.49. The maximum atomic E-state index is 12.2. The molecule has 1 fully saturated rings. The van der Waals surface area contributed by atoms with Crippen LogP contribution in [0, 0.1) is 11.8 Å². The molecule has 2 rings (SSSR count). The molecule has 0 aliphatic heterocycles. The first-order chi connectivity index (χ1) is 9.71. The van der Waals surface area contributed by atoms with E-state index in [0.29, 0.717) is 17.8 Å². The summed E-state index contributed by atoms with van der Waals surface area (Å²) in [6, 6.07) is 1.83. The molecule has 0 unspecified atom stereocenters. The van der Waals surface area contributed by atoms with Crippen LogP contribution in [-0.4, -0.2) is 36.9 Å². The molecule has 4 nitrogen and oxygen atoms in total. The van der Waals surface area contributed by atoms with Crippen molar-refractivity contribution in [1.82, 2.24) is 5.32 Å². The third kappa shape index (κ3) is 3.40. The highest BCUT2D eigenvalue weighted by atomic mass is 32.1. The molecule has 1 aliphatic rings. The average Bonchev–Trinajstić information content (AvgIpc) is 2.86. The van der Waals surface area contributed by atoms with Crippen LogP contribution in [0.5, 0.6) is 0 Å². The summed E-state index contributed by atoms with van der Waals surface area (Å²) in [5.41, 5.74) is 0.552. The number of amides is 1. The number of hydrogen-bond acceptors (Lipinski definition) is 4. The van der Waals surface area contributed by atoms with Crippen LogP contribution in [0.2, 0.25) is 0 Å². The van der Waals surface area contributed by atoms with Gasteiger partial charge in [0.2, 0.25) is 0 Å². The molecule has 1 aromatic heterocycles. The number of nitrogens with one attached hydrogen (secondary N) is 1. The molecule has 0 bridgehead atoms. The minimum absolute atomic E-state index is 0.0367. The Balaban J connectivity index is 1.96. The number of methoxy groups -OCH3 is 1. The number of thiophene rings is 1. The standard InChI is InChI=1S/C15H19NO3S/c1-19-15(7-4-8-15)11-16-14(18)13-12(6-10-20-13)5-2-3-9-17/h6,10,17H,3-4,7-9,11H2,1H3,(H,16,18). The second-order valence-corrected chi connectivity index (χ2v) is 5.78. The Hall–Kier alpha value is -1.35. The fourth-order valence-electron chi connectivity index (χ4n) is 2.14. The van der Waals surface area contributed by atoms with Gasteiger partial charge in [0.25, 0.3) is 5.91 Å². The third-order valence-electron chi connectivity index (χ3n) is 3.60. The maximum absolute atomic E-state index is 12.2. The van der Waals surface area contributed by atoms with E-state index in [-0.39, 0.29) is 18.1 Å². The first-order valence-corrected chi connectivity index (χ1v) is 7.59. The molecule has 1 aromatic rings. The Morgan fingerprint density at radius 3 is 3.00 bits per heavy atom. The third-order valence-corrected chi connectivity index (χ3v) is 4.51. The van der Waals surface area contributed by atoms with Crippen molar-refractivity contribution in [2.75, 3.05) is 20.3 Å². The predicted octanol–water partition coefficient (Wildman–Crippen LogP) is 1.78. The summed E-state index contributed by atoms with van der Waals surface area (Å²) in [7, 11) is 1.70. The van der Waals surface area contributed by atoms with E-state index in [9.17, 15) is 4.79 Å². The fourth-order valence-corrected chi connectivity index (χ4v) is 2.91. The number of carbonyl (C=O) groups is 1. The summed E-state index contributed by atoms with van der Waals surface area (Å²) in [5, 5.41) is 13.5. The molecular formula is C15H19NO3S. The highest BCUT2D eigenvalue weighted by Gasteiger charge is 2.37. The van der Waals surface area contributed by atoms with Crippen LogP contribution in [0.4, 0.5) is 0 Å². The zero-order chi connectivity index (χ0) is 14.4. The van der Waals surface area contributed by atoms with Gasteiger partial charge in [0.15, 0.2) is 0 Å². The summed E-state index contributed by atoms with van der Waals surface area (Å²) >= 11 is 1.38. The normalized spacial score (nSPS) is 15.9. The molecule has 1 saturated carbocycles. The Kier molecular flexibility index (Phi) is 5.18. The van der Waals surface area contributed by atoms with Crippen molar-refractivity contribution in [1.29, 1.82) is 0 Å². The van der Waals surface area contributed by atoms with E-state index in [1.807, 2.05) is 11.4 Å². The lowest BCUT2D eigenvalue weighted by molar-refractivity contribution is -0.0679. The van der Waals surface area contributed by atoms with Crippen molar-refractivity contribution in [3.63, 3.8) is 0 Å². The number of aliphatic hydroxyl groups is 1. The van der Waals surface area contributed by atoms with Crippen molar-refractivity contribution >= 4 is 17.2 Å². The predicted molar refractivity (Wildman–Crippen MR) is 78.8 cm³/mol. The molecule has 5 heteroatoms. The Bertz CT molecular complexity index is 517. The van der Waals surface area contributed by atoms with Crippen molar-refractivity contribution in [2.45, 2.75) is 31.3 Å². The molecule has 0 saturated heterocycles. The largest absolute Gasteiger partial charge is 0.395 e. The van der Waals surface area contributed by atoms with E-state index >= 15 is 0 Å². The van der Waals surface area contributed by atoms with Gasteiger partial charge in [-0.25, -0.2) is 0 Å². The van der Waals surface area contributed by atoms with Gasteiger partial charge in [0.05, 0.1) is 12.2 Å². The summed E-state index contributed by atoms with van der Waals surface area (Å²) in [4.78, 5) is 12.8. The second-order valence-electron chi connectivity index (χ2n) is 4.86. The van der Waals surface area contributed by atoms with Crippen molar-refractivity contribution in [2.24, 2.45) is 0 Å². The minimum Gasteiger partial charge on any atom is -0.395 e. The highest BCUT2D eigenvalue weighted by Crippen LogP contribution is 2.34. The van der Waals surface area contributed by atoms with Crippen LogP contribution in [-0.2, 0) is 4.74 Å². The van der Waals surface area contributed by atoms with Crippen LogP contribution in [0.1, 0.15) is 40.9 Å². The van der Waals surface area contributed by atoms with E-state index in [4.69, 9.17) is 9.84 Å². The summed E-state index contributed by atoms with van der Waals surface area (Å²) in [6.07, 6.45) is 3.57. The summed E-state index contributed by atoms with van der Waals surface area (Å²) < 4.78 is 5.48. The lowest BCUT2D eigenvalue weighted by Gasteiger charge is -2.40. The Morgan fingerprint density at radius 2 is 2.40 bits per heavy atom. The van der Waals surface area contributed by atoms with Gasteiger partial charge in [-0.2, -0.15) is 0 Å². The van der Waals surface area contributed by atoms with Gasteiger partial charge in [0.1, 0.15) is 4.88 Å². The van der Waals surface area contributed by atoms with E-state index in [1.165, 1.54) is 11.3 Å². The zero-order valence-corrected chi connectivity index (χ0v) is 12.4. The van der Waals surface area contributed by atoms with Crippen LogP contribution < -0.4 is 5.32 Å². The minimum atomic E-state index is -0.171. The summed E-state index contributed by atoms with van der Waals surface area (Å²) in [5.74, 6) is 5.66. The molecule has 1 heterocycles. The number of carbonyl (C=O) groups excluding carboxylic acids is 1. The monoisotopic (exact) mass is 293 g/mol. The molecule has 0 aromatic carbocycles. The number of rotatable bonds is 5. The van der Waals surface area contributed by atoms with Gasteiger partial charge >= 0.3 is 0 Å². The zero-order valence-electron chi connectivity index (χ0n) is 11.6. The fraction of sp³-hybridized carbons (Fsp3) is 0.533. The van der Waals surface area contributed by atoms with Crippen molar-refractivity contribution in [3.8, 4) is 11.8 Å². The van der Waals surface area contributed by atoms with Gasteiger partial charge in [0, 0.05) is 25.6 Å². The van der Waals surface area contributed by atoms with Gasteiger partial charge in [-0.05, 0) is 30.7 Å². The van der Waals surface area contributed by atoms with Gasteiger partial charge in [-0.3, -0.25) is 4.79 Å². The van der Waals surface area contributed by atoms with E-state index in [0.717, 1.165) is 24.8 Å². The van der Waals surface area contributed by atoms with Crippen LogP contribution >= 0.6 is 11.3 Å². The first-order valence-electron chi connectivity index (χ1n) is 6.71. The molecule has 0 spiro atoms. The van der Waals surface area contributed by atoms with Crippen LogP contribution in [0.15, 0.2) is 11.4 Å². The quantitative estimate of drug-likeness (QED) is 0.814. The van der Waals surface area contributed by atoms with Crippen molar-refractivity contribution < 1.29 is 14.6 Å². The highest BCUT2D eigenvalue weighted by molar-refractivity contribution is 7.12. The SMILES string of the molecule is COC1(CNC(=O)c2sccc2C#CCCO)CCC1. The molecule has 108 valence electrons. The topological polar surface area (TPSA) is 58.6 Å². The molecular weight excluding hydrogens is 274 g/mol. The number of aliphatic hydroxyl groups excluding tert-OH is 1. The van der Waals surface area contributed by atoms with Gasteiger partial charge in [-0.1, -0.05) is 11.8 Å².